The first-order chi connectivity index (χ1) is 6.68. The van der Waals surface area contributed by atoms with Gasteiger partial charge in [0.05, 0.1) is 0 Å². The second-order valence-corrected chi connectivity index (χ2v) is 3.74. The molecule has 2 heteroatoms. The van der Waals surface area contributed by atoms with Gasteiger partial charge in [0.25, 0.3) is 0 Å². The minimum absolute atomic E-state index is 0.259. The molecule has 1 aliphatic rings. The van der Waals surface area contributed by atoms with Gasteiger partial charge in [-0.2, -0.15) is 0 Å². The van der Waals surface area contributed by atoms with Crippen LogP contribution in [0.25, 0.3) is 0 Å². The molecule has 1 rings (SSSR count). The van der Waals surface area contributed by atoms with Crippen LogP contribution in [0.2, 0.25) is 0 Å². The highest BCUT2D eigenvalue weighted by molar-refractivity contribution is 5.79. The number of hydrogen-bond acceptors (Lipinski definition) is 2. The summed E-state index contributed by atoms with van der Waals surface area (Å²) in [6, 6.07) is 0. The average Bonchev–Trinajstić information content (AvgIpc) is 2.34. The SMILES string of the molecule is C=C.CC(=O)CC1CCCC(=O)CC1. The van der Waals surface area contributed by atoms with Crippen LogP contribution in [0.1, 0.15) is 45.4 Å². The van der Waals surface area contributed by atoms with Gasteiger partial charge in [-0.15, -0.1) is 13.2 Å². The predicted molar refractivity (Wildman–Crippen MR) is 58.1 cm³/mol. The Hall–Kier alpha value is -0.920. The third-order valence-corrected chi connectivity index (χ3v) is 2.48. The maximum Gasteiger partial charge on any atom is 0.132 e. The van der Waals surface area contributed by atoms with Crippen molar-refractivity contribution in [1.29, 1.82) is 0 Å². The average molecular weight is 196 g/mol. The fraction of sp³-hybridized carbons (Fsp3) is 0.667. The summed E-state index contributed by atoms with van der Waals surface area (Å²) < 4.78 is 0. The zero-order valence-electron chi connectivity index (χ0n) is 9.05. The molecule has 1 unspecified atom stereocenters. The van der Waals surface area contributed by atoms with Gasteiger partial charge in [-0.3, -0.25) is 4.79 Å². The highest BCUT2D eigenvalue weighted by Crippen LogP contribution is 2.23. The van der Waals surface area contributed by atoms with E-state index in [1.54, 1.807) is 6.92 Å². The lowest BCUT2D eigenvalue weighted by atomic mass is 9.95. The van der Waals surface area contributed by atoms with E-state index in [-0.39, 0.29) is 5.78 Å². The fourth-order valence-electron chi connectivity index (χ4n) is 1.83. The standard InChI is InChI=1S/C10H16O2.C2H4/c1-8(11)7-9-3-2-4-10(12)6-5-9;1-2/h9H,2-7H2,1H3;1-2H2. The van der Waals surface area contributed by atoms with Gasteiger partial charge in [0.15, 0.2) is 0 Å². The Morgan fingerprint density at radius 1 is 1.36 bits per heavy atom. The zero-order chi connectivity index (χ0) is 11.0. The van der Waals surface area contributed by atoms with E-state index in [2.05, 4.69) is 13.2 Å². The molecule has 0 aromatic carbocycles. The van der Waals surface area contributed by atoms with Gasteiger partial charge in [-0.05, 0) is 32.1 Å². The van der Waals surface area contributed by atoms with Crippen LogP contribution in [-0.4, -0.2) is 11.6 Å². The first-order valence-electron chi connectivity index (χ1n) is 5.19. The monoisotopic (exact) mass is 196 g/mol. The molecule has 80 valence electrons. The molecule has 0 spiro atoms. The molecule has 0 N–H and O–H groups in total. The Kier molecular flexibility index (Phi) is 6.99. The largest absolute Gasteiger partial charge is 0.300 e. The Morgan fingerprint density at radius 2 is 2.00 bits per heavy atom. The van der Waals surface area contributed by atoms with Crippen LogP contribution < -0.4 is 0 Å². The normalized spacial score (nSPS) is 21.8. The summed E-state index contributed by atoms with van der Waals surface area (Å²) in [7, 11) is 0. The minimum Gasteiger partial charge on any atom is -0.300 e. The summed E-state index contributed by atoms with van der Waals surface area (Å²) in [5.74, 6) is 1.12. The molecule has 0 heterocycles. The zero-order valence-corrected chi connectivity index (χ0v) is 9.05. The number of carbonyl (C=O) groups excluding carboxylic acids is 2. The Morgan fingerprint density at radius 3 is 2.57 bits per heavy atom. The number of carbonyl (C=O) groups is 2. The van der Waals surface area contributed by atoms with E-state index < -0.39 is 0 Å². The maximum absolute atomic E-state index is 11.0. The van der Waals surface area contributed by atoms with Crippen molar-refractivity contribution in [2.24, 2.45) is 5.92 Å². The van der Waals surface area contributed by atoms with Crippen LogP contribution in [0.5, 0.6) is 0 Å². The van der Waals surface area contributed by atoms with Gasteiger partial charge >= 0.3 is 0 Å². The quantitative estimate of drug-likeness (QED) is 0.502. The van der Waals surface area contributed by atoms with Crippen molar-refractivity contribution in [2.75, 3.05) is 0 Å². The molecule has 1 saturated carbocycles. The summed E-state index contributed by atoms with van der Waals surface area (Å²) in [5, 5.41) is 0. The molecule has 1 atom stereocenters. The van der Waals surface area contributed by atoms with Crippen LogP contribution in [0.15, 0.2) is 13.2 Å². The van der Waals surface area contributed by atoms with Crippen molar-refractivity contribution in [3.63, 3.8) is 0 Å². The molecule has 1 aliphatic carbocycles. The lowest BCUT2D eigenvalue weighted by molar-refractivity contribution is -0.120. The summed E-state index contributed by atoms with van der Waals surface area (Å²) in [5.41, 5.74) is 0. The lowest BCUT2D eigenvalue weighted by Crippen LogP contribution is -2.04. The smallest absolute Gasteiger partial charge is 0.132 e. The molecule has 0 aromatic rings. The molecule has 2 nitrogen and oxygen atoms in total. The summed E-state index contributed by atoms with van der Waals surface area (Å²) in [6.45, 7) is 7.63. The second-order valence-electron chi connectivity index (χ2n) is 3.74. The predicted octanol–water partition coefficient (Wildman–Crippen LogP) is 2.92. The van der Waals surface area contributed by atoms with E-state index in [0.29, 0.717) is 24.5 Å². The lowest BCUT2D eigenvalue weighted by Gasteiger charge is -2.09. The van der Waals surface area contributed by atoms with Gasteiger partial charge in [-0.25, -0.2) is 0 Å². The minimum atomic E-state index is 0.259. The second kappa shape index (κ2) is 7.48. The number of hydrogen-bond donors (Lipinski definition) is 0. The van der Waals surface area contributed by atoms with Crippen LogP contribution in [-0.2, 0) is 9.59 Å². The molecule has 14 heavy (non-hydrogen) atoms. The van der Waals surface area contributed by atoms with Crippen molar-refractivity contribution in [3.05, 3.63) is 13.2 Å². The summed E-state index contributed by atoms with van der Waals surface area (Å²) >= 11 is 0. The van der Waals surface area contributed by atoms with E-state index in [1.807, 2.05) is 0 Å². The van der Waals surface area contributed by atoms with Crippen molar-refractivity contribution >= 4 is 11.6 Å². The fourth-order valence-corrected chi connectivity index (χ4v) is 1.83. The summed E-state index contributed by atoms with van der Waals surface area (Å²) in [4.78, 5) is 21.9. The first kappa shape index (κ1) is 13.1. The van der Waals surface area contributed by atoms with Gasteiger partial charge in [0, 0.05) is 19.3 Å². The number of Topliss-reactive ketones (excluding diaryl/α,β-unsaturated/α-hetero) is 2. The van der Waals surface area contributed by atoms with Gasteiger partial charge < -0.3 is 4.79 Å². The highest BCUT2D eigenvalue weighted by atomic mass is 16.1. The van der Waals surface area contributed by atoms with Crippen LogP contribution in [0.4, 0.5) is 0 Å². The van der Waals surface area contributed by atoms with E-state index in [1.165, 1.54) is 0 Å². The Bertz CT molecular complexity index is 196. The molecule has 0 bridgehead atoms. The third-order valence-electron chi connectivity index (χ3n) is 2.48. The van der Waals surface area contributed by atoms with Crippen molar-refractivity contribution in [2.45, 2.75) is 45.4 Å². The van der Waals surface area contributed by atoms with Gasteiger partial charge in [-0.1, -0.05) is 0 Å². The summed E-state index contributed by atoms with van der Waals surface area (Å²) in [6.07, 6.45) is 5.07. The molecular weight excluding hydrogens is 176 g/mol. The van der Waals surface area contributed by atoms with Gasteiger partial charge in [0.2, 0.25) is 0 Å². The van der Waals surface area contributed by atoms with E-state index in [9.17, 15) is 9.59 Å². The third kappa shape index (κ3) is 5.68. The molecule has 0 aliphatic heterocycles. The maximum atomic E-state index is 11.0. The number of ketones is 2. The van der Waals surface area contributed by atoms with Crippen LogP contribution >= 0.6 is 0 Å². The van der Waals surface area contributed by atoms with E-state index in [0.717, 1.165) is 25.7 Å². The molecule has 0 aromatic heterocycles. The topological polar surface area (TPSA) is 34.1 Å². The molecule has 0 saturated heterocycles. The molecule has 0 radical (unpaired) electrons. The van der Waals surface area contributed by atoms with E-state index >= 15 is 0 Å². The van der Waals surface area contributed by atoms with Gasteiger partial charge in [0.1, 0.15) is 11.6 Å². The number of rotatable bonds is 2. The highest BCUT2D eigenvalue weighted by Gasteiger charge is 2.17. The van der Waals surface area contributed by atoms with Crippen molar-refractivity contribution < 1.29 is 9.59 Å². The van der Waals surface area contributed by atoms with Crippen LogP contribution in [0, 0.1) is 5.92 Å². The van der Waals surface area contributed by atoms with Crippen molar-refractivity contribution in [1.82, 2.24) is 0 Å². The first-order valence-corrected chi connectivity index (χ1v) is 5.19. The molecule has 1 fully saturated rings. The van der Waals surface area contributed by atoms with Crippen LogP contribution in [0.3, 0.4) is 0 Å². The van der Waals surface area contributed by atoms with E-state index in [4.69, 9.17) is 0 Å². The molecular formula is C12H20O2. The molecule has 0 amide bonds. The Labute approximate surface area is 86.4 Å². The Balaban J connectivity index is 0.000000791. The van der Waals surface area contributed by atoms with Crippen molar-refractivity contribution in [3.8, 4) is 0 Å².